The summed E-state index contributed by atoms with van der Waals surface area (Å²) in [5.41, 5.74) is 3.55. The molecule has 522 valence electrons. The van der Waals surface area contributed by atoms with E-state index in [1.165, 1.54) is 11.3 Å². The third kappa shape index (κ3) is 16.4. The molecule has 9 N–H and O–H groups in total. The zero-order valence-electron chi connectivity index (χ0n) is 54.6. The predicted octanol–water partition coefficient (Wildman–Crippen LogP) is 6.89. The summed E-state index contributed by atoms with van der Waals surface area (Å²) in [4.78, 5) is 103. The number of aromatic carboxylic acids is 1. The van der Waals surface area contributed by atoms with Crippen molar-refractivity contribution in [3.8, 4) is 5.75 Å². The van der Waals surface area contributed by atoms with Crippen LogP contribution in [0.15, 0.2) is 90.6 Å². The van der Waals surface area contributed by atoms with Gasteiger partial charge in [-0.2, -0.15) is 8.42 Å². The van der Waals surface area contributed by atoms with Gasteiger partial charge in [-0.1, -0.05) is 61.6 Å². The Morgan fingerprint density at radius 1 is 0.888 bits per heavy atom. The van der Waals surface area contributed by atoms with Crippen molar-refractivity contribution in [2.24, 2.45) is 16.2 Å². The molecule has 7 aliphatic rings. The van der Waals surface area contributed by atoms with Crippen molar-refractivity contribution in [1.82, 2.24) is 30.4 Å². The molecular formula is C69H81N9O18S2. The van der Waals surface area contributed by atoms with Crippen LogP contribution in [-0.4, -0.2) is 183 Å². The number of nitrogens with zero attached hydrogens (tertiary/aromatic N) is 5. The third-order valence-electron chi connectivity index (χ3n) is 19.4. The number of carboxylic acid groups (broad SMARTS) is 2. The summed E-state index contributed by atoms with van der Waals surface area (Å²) < 4.78 is 59.6. The number of allylic oxidation sites excluding steroid dienone is 2. The standard InChI is InChI=1S/C69H81N9O18S2/c1-41(47(31-70)45-16-17-54(74-58(45)62(87)88)77-23-20-43-10-8-11-46(48(43)32-77)60(84)75-64-73-49-12-4-5-13-53(49)97-64)72-40-68-35-66(2)34-67(3,36-68)38-69(37-66,39-68)94-27-25-76(26-28-98(90,91)92)65(89)93-33-44-15-14-42(29-51(44)95-63-59(83)50(79)30-52(96-63)61(85)86)9-6-7-22-71-55(80)21-24-78-56(81)18-19-57(78)82/h4-5,8,10-19,29,31,50,52,59,63,70,72,79,83H,6-7,9,20-28,30,32-40H2,1-3H3,(H,71,80)(H,85,86)(H,87,88)(H,73,75,84)(H,90,91,92)/b47-41+,70-31?/t50-,52-,59+,63+,66?,67?,68?,69?/m0/s1. The number of aliphatic hydroxyl groups excluding tert-OH is 2. The number of ether oxygens (including phenoxy) is 4. The largest absolute Gasteiger partial charge is 0.479 e. The first-order chi connectivity index (χ1) is 46.6. The van der Waals surface area contributed by atoms with Crippen LogP contribution >= 0.6 is 11.3 Å². The first-order valence-electron chi connectivity index (χ1n) is 32.7. The Morgan fingerprint density at radius 3 is 2.36 bits per heavy atom. The number of amides is 5. The Hall–Kier alpha value is -8.71. The number of unbranched alkanes of at least 4 members (excludes halogenated alkanes) is 1. The number of benzene rings is 3. The number of carbonyl (C=O) groups excluding carboxylic acids is 5. The van der Waals surface area contributed by atoms with Gasteiger partial charge in [-0.05, 0) is 140 Å². The van der Waals surface area contributed by atoms with Crippen LogP contribution in [0.2, 0.25) is 0 Å². The number of para-hydroxylation sites is 1. The molecule has 5 fully saturated rings. The van der Waals surface area contributed by atoms with Gasteiger partial charge in [0.05, 0.1) is 34.3 Å². The molecule has 1 saturated heterocycles. The average molecular weight is 1390 g/mol. The lowest BCUT2D eigenvalue weighted by Gasteiger charge is -2.69. The number of hydrogen-bond donors (Lipinski definition) is 9. The molecule has 4 aliphatic carbocycles. The fraction of sp³-hybridized carbons (Fsp3) is 0.478. The van der Waals surface area contributed by atoms with Crippen LogP contribution in [0.4, 0.5) is 15.7 Å². The molecule has 5 heterocycles. The number of aliphatic hydroxyl groups is 2. The van der Waals surface area contributed by atoms with Gasteiger partial charge in [0, 0.05) is 105 Å². The van der Waals surface area contributed by atoms with E-state index in [4.69, 9.17) is 29.3 Å². The highest BCUT2D eigenvalue weighted by atomic mass is 32.2. The smallest absolute Gasteiger partial charge is 0.410 e. The predicted molar refractivity (Wildman–Crippen MR) is 359 cm³/mol. The lowest BCUT2D eigenvalue weighted by atomic mass is 9.39. The van der Waals surface area contributed by atoms with E-state index in [1.807, 2.05) is 48.2 Å². The number of imide groups is 1. The van der Waals surface area contributed by atoms with E-state index in [0.717, 1.165) is 68.8 Å². The summed E-state index contributed by atoms with van der Waals surface area (Å²) in [6.07, 6.45) is 2.26. The minimum Gasteiger partial charge on any atom is -0.479 e. The lowest BCUT2D eigenvalue weighted by molar-refractivity contribution is -0.243. The van der Waals surface area contributed by atoms with Crippen LogP contribution in [0.25, 0.3) is 15.8 Å². The number of nitrogens with one attached hydrogen (secondary N) is 4. The van der Waals surface area contributed by atoms with E-state index in [9.17, 15) is 67.0 Å². The number of anilines is 2. The number of rotatable bonds is 29. The van der Waals surface area contributed by atoms with Gasteiger partial charge in [-0.3, -0.25) is 33.9 Å². The summed E-state index contributed by atoms with van der Waals surface area (Å²) in [5.74, 6) is -4.72. The van der Waals surface area contributed by atoms with Crippen LogP contribution in [0.3, 0.4) is 0 Å². The van der Waals surface area contributed by atoms with E-state index in [-0.39, 0.29) is 83.3 Å². The Labute approximate surface area is 569 Å². The van der Waals surface area contributed by atoms with Gasteiger partial charge in [0.25, 0.3) is 27.8 Å². The third-order valence-corrected chi connectivity index (χ3v) is 21.1. The lowest BCUT2D eigenvalue weighted by Crippen LogP contribution is -2.65. The second kappa shape index (κ2) is 29.0. The highest BCUT2D eigenvalue weighted by Gasteiger charge is 2.66. The number of aromatic nitrogens is 2. The van der Waals surface area contributed by atoms with Crippen molar-refractivity contribution in [2.75, 3.05) is 61.8 Å². The normalized spacial score (nSPS) is 25.0. The van der Waals surface area contributed by atoms with Crippen LogP contribution in [0, 0.1) is 21.7 Å². The molecule has 3 aliphatic heterocycles. The summed E-state index contributed by atoms with van der Waals surface area (Å²) >= 11 is 1.38. The molecule has 98 heavy (non-hydrogen) atoms. The van der Waals surface area contributed by atoms with Crippen molar-refractivity contribution in [3.05, 3.63) is 130 Å². The molecular weight excluding hydrogens is 1310 g/mol. The summed E-state index contributed by atoms with van der Waals surface area (Å²) in [7, 11) is -4.58. The molecule has 2 unspecified atom stereocenters. The van der Waals surface area contributed by atoms with E-state index in [0.29, 0.717) is 97.9 Å². The summed E-state index contributed by atoms with van der Waals surface area (Å²) in [6, 6.07) is 21.5. The van der Waals surface area contributed by atoms with Gasteiger partial charge in [0.2, 0.25) is 12.2 Å². The number of hydrogen-bond acceptors (Lipinski definition) is 21. The van der Waals surface area contributed by atoms with Crippen molar-refractivity contribution in [1.29, 1.82) is 5.41 Å². The topological polar surface area (TPSA) is 387 Å². The van der Waals surface area contributed by atoms with E-state index < -0.39 is 95.5 Å². The molecule has 5 amide bonds. The first-order valence-corrected chi connectivity index (χ1v) is 35.1. The molecule has 4 saturated carbocycles. The monoisotopic (exact) mass is 1390 g/mol. The van der Waals surface area contributed by atoms with Gasteiger partial charge < -0.3 is 65.2 Å². The quantitative estimate of drug-likeness (QED) is 0.0102. The van der Waals surface area contributed by atoms with Gasteiger partial charge in [0.1, 0.15) is 24.3 Å². The molecule has 3 aromatic carbocycles. The molecule has 0 radical (unpaired) electrons. The van der Waals surface area contributed by atoms with Crippen molar-refractivity contribution < 1.29 is 85.9 Å². The number of aryl methyl sites for hydroxylation is 1. The zero-order valence-corrected chi connectivity index (χ0v) is 56.3. The highest BCUT2D eigenvalue weighted by Crippen LogP contribution is 2.71. The van der Waals surface area contributed by atoms with E-state index in [1.54, 1.807) is 36.4 Å². The van der Waals surface area contributed by atoms with Crippen LogP contribution in [-0.2, 0) is 69.5 Å². The van der Waals surface area contributed by atoms with Crippen LogP contribution < -0.4 is 25.6 Å². The number of carbonyl (C=O) groups is 7. The fourth-order valence-electron chi connectivity index (χ4n) is 16.0. The molecule has 12 rings (SSSR count). The maximum absolute atomic E-state index is 14.2. The number of fused-ring (bicyclic) bond motifs is 2. The number of pyridine rings is 1. The maximum Gasteiger partial charge on any atom is 0.410 e. The SMILES string of the molecule is C/C(NCC12CC3(C)CC(C)(C1)CC(OCCN(CCS(=O)(=O)O)C(=O)OCc1ccc(CCCCNC(=O)CCN4C(=O)C=CC4=O)cc1O[C@@H]1O[C@H](C(=O)O)C[C@H](O)[C@H]1O)(C3)C2)=C(/C=N)c1ccc(N2CCc3cccc(C(=O)Nc4nc5ccccc5s4)c3C2)nc1C(=O)O. The van der Waals surface area contributed by atoms with E-state index >= 15 is 0 Å². The summed E-state index contributed by atoms with van der Waals surface area (Å²) in [6.45, 7) is 6.64. The molecule has 27 nitrogen and oxygen atoms in total. The van der Waals surface area contributed by atoms with Gasteiger partial charge in [-0.15, -0.1) is 0 Å². The summed E-state index contributed by atoms with van der Waals surface area (Å²) in [5, 5.41) is 60.4. The Bertz CT molecular complexity index is 4070. The molecule has 0 spiro atoms. The highest BCUT2D eigenvalue weighted by molar-refractivity contribution is 7.85. The molecule has 2 aromatic heterocycles. The van der Waals surface area contributed by atoms with Crippen molar-refractivity contribution in [2.45, 2.75) is 141 Å². The number of carboxylic acids is 2. The van der Waals surface area contributed by atoms with Crippen molar-refractivity contribution >= 4 is 96.1 Å². The van der Waals surface area contributed by atoms with Gasteiger partial charge >= 0.3 is 18.0 Å². The average Bonchev–Trinajstić information content (AvgIpc) is 0.779. The van der Waals surface area contributed by atoms with Crippen LogP contribution in [0.5, 0.6) is 5.75 Å². The van der Waals surface area contributed by atoms with Crippen LogP contribution in [0.1, 0.15) is 134 Å². The second-order valence-corrected chi connectivity index (χ2v) is 30.0. The Balaban J connectivity index is 0.740. The second-order valence-electron chi connectivity index (χ2n) is 27.4. The fourth-order valence-corrected chi connectivity index (χ4v) is 17.3. The van der Waals surface area contributed by atoms with E-state index in [2.05, 4.69) is 34.8 Å². The molecule has 5 aromatic rings. The number of aliphatic carboxylic acids is 1. The number of thiazole rings is 1. The first kappa shape index (κ1) is 70.6. The van der Waals surface area contributed by atoms with Gasteiger partial charge in [-0.25, -0.2) is 24.4 Å². The zero-order chi connectivity index (χ0) is 69.9. The molecule has 6 atom stereocenters. The minimum atomic E-state index is -4.58. The molecule has 29 heteroatoms. The van der Waals surface area contributed by atoms with Gasteiger partial charge in [0.15, 0.2) is 16.9 Å². The maximum atomic E-state index is 14.2. The van der Waals surface area contributed by atoms with Crippen molar-refractivity contribution in [3.63, 3.8) is 0 Å². The molecule has 4 bridgehead atoms. The minimum absolute atomic E-state index is 0.00395. The Kier molecular flexibility index (Phi) is 20.9. The Morgan fingerprint density at radius 2 is 1.64 bits per heavy atom.